The molecule has 0 unspecified atom stereocenters. The van der Waals surface area contributed by atoms with Crippen LogP contribution < -0.4 is 14.2 Å². The van der Waals surface area contributed by atoms with Gasteiger partial charge in [0.25, 0.3) is 0 Å². The first-order valence-electron chi connectivity index (χ1n) is 13.3. The van der Waals surface area contributed by atoms with Crippen LogP contribution in [0.1, 0.15) is 22.4 Å². The molecule has 216 valence electrons. The fourth-order valence-electron chi connectivity index (χ4n) is 4.75. The van der Waals surface area contributed by atoms with E-state index in [9.17, 15) is 13.2 Å². The number of hydrogen-bond acceptors (Lipinski definition) is 7. The number of benzene rings is 3. The van der Waals surface area contributed by atoms with Crippen LogP contribution in [0.5, 0.6) is 17.2 Å². The summed E-state index contributed by atoms with van der Waals surface area (Å²) in [6, 6.07) is 20.7. The van der Waals surface area contributed by atoms with Gasteiger partial charge < -0.3 is 18.7 Å². The number of ether oxygens (including phenoxy) is 3. The van der Waals surface area contributed by atoms with Gasteiger partial charge in [0, 0.05) is 57.0 Å². The van der Waals surface area contributed by atoms with Crippen molar-refractivity contribution >= 4 is 0 Å². The van der Waals surface area contributed by atoms with Gasteiger partial charge >= 0.3 is 6.18 Å². The largest absolute Gasteiger partial charge is 0.497 e. The van der Waals surface area contributed by atoms with Crippen molar-refractivity contribution in [3.8, 4) is 28.6 Å². The molecule has 3 aromatic carbocycles. The fourth-order valence-corrected chi connectivity index (χ4v) is 4.75. The highest BCUT2D eigenvalue weighted by atomic mass is 19.4. The number of piperazine rings is 1. The molecule has 0 amide bonds. The third-order valence-corrected chi connectivity index (χ3v) is 7.05. The number of halogens is 3. The molecule has 1 aliphatic heterocycles. The first-order valence-corrected chi connectivity index (χ1v) is 13.3. The maximum atomic E-state index is 12.8. The van der Waals surface area contributed by atoms with Crippen molar-refractivity contribution in [2.45, 2.75) is 25.9 Å². The monoisotopic (exact) mass is 567 g/mol. The molecule has 0 radical (unpaired) electrons. The summed E-state index contributed by atoms with van der Waals surface area (Å²) in [7, 11) is 3.23. The molecule has 7 nitrogen and oxygen atoms in total. The van der Waals surface area contributed by atoms with Crippen molar-refractivity contribution in [3.63, 3.8) is 0 Å². The van der Waals surface area contributed by atoms with E-state index >= 15 is 0 Å². The highest BCUT2D eigenvalue weighted by Gasteiger charge is 2.30. The Morgan fingerprint density at radius 3 is 1.93 bits per heavy atom. The van der Waals surface area contributed by atoms with Crippen molar-refractivity contribution < 1.29 is 31.9 Å². The van der Waals surface area contributed by atoms with Gasteiger partial charge in [-0.25, -0.2) is 0 Å². The van der Waals surface area contributed by atoms with Crippen LogP contribution in [0.3, 0.4) is 0 Å². The molecule has 41 heavy (non-hydrogen) atoms. The molecule has 0 bridgehead atoms. The molecule has 0 saturated carbocycles. The molecule has 5 rings (SSSR count). The Bertz CT molecular complexity index is 1390. The van der Waals surface area contributed by atoms with Crippen LogP contribution in [0.25, 0.3) is 11.3 Å². The Labute approximate surface area is 237 Å². The zero-order valence-electron chi connectivity index (χ0n) is 23.0. The highest BCUT2D eigenvalue weighted by molar-refractivity contribution is 5.58. The van der Waals surface area contributed by atoms with E-state index < -0.39 is 11.7 Å². The predicted molar refractivity (Wildman–Crippen MR) is 148 cm³/mol. The SMILES string of the molecule is COc1cc(COc2ccc(-c3cc(CN4CCN(Cc5ccc(C(F)(F)F)cc5)CC4)no3)cc2)cc(OC)c1. The second-order valence-corrected chi connectivity index (χ2v) is 9.96. The average Bonchev–Trinajstić information content (AvgIpc) is 3.45. The van der Waals surface area contributed by atoms with Crippen LogP contribution in [-0.2, 0) is 25.9 Å². The summed E-state index contributed by atoms with van der Waals surface area (Å²) in [5.74, 6) is 2.83. The lowest BCUT2D eigenvalue weighted by molar-refractivity contribution is -0.137. The average molecular weight is 568 g/mol. The Morgan fingerprint density at radius 2 is 1.34 bits per heavy atom. The number of aromatic nitrogens is 1. The van der Waals surface area contributed by atoms with Crippen molar-refractivity contribution in [1.29, 1.82) is 0 Å². The number of nitrogens with zero attached hydrogens (tertiary/aromatic N) is 3. The molecule has 1 aliphatic rings. The Hall–Kier alpha value is -4.02. The molecular formula is C31H32F3N3O4. The molecule has 1 fully saturated rings. The van der Waals surface area contributed by atoms with E-state index in [1.54, 1.807) is 26.4 Å². The second kappa shape index (κ2) is 12.7. The zero-order valence-corrected chi connectivity index (χ0v) is 23.0. The van der Waals surface area contributed by atoms with Crippen LogP contribution in [-0.4, -0.2) is 55.4 Å². The summed E-state index contributed by atoms with van der Waals surface area (Å²) in [6.07, 6.45) is -4.31. The summed E-state index contributed by atoms with van der Waals surface area (Å²) < 4.78 is 60.6. The summed E-state index contributed by atoms with van der Waals surface area (Å²) in [6.45, 7) is 5.01. The molecular weight excluding hydrogens is 535 g/mol. The standard InChI is InChI=1S/C31H32F3N3O4/c1-38-28-15-23(16-29(18-28)39-2)21-40-27-9-5-24(6-10-27)30-17-26(35-41-30)20-37-13-11-36(12-14-37)19-22-3-7-25(8-4-22)31(32,33)34/h3-10,15-18H,11-14,19-21H2,1-2H3. The summed E-state index contributed by atoms with van der Waals surface area (Å²) >= 11 is 0. The van der Waals surface area contributed by atoms with Crippen molar-refractivity contribution in [2.24, 2.45) is 0 Å². The van der Waals surface area contributed by atoms with Gasteiger partial charge in [0.2, 0.25) is 0 Å². The molecule has 0 spiro atoms. The van der Waals surface area contributed by atoms with Crippen LogP contribution in [0, 0.1) is 0 Å². The quantitative estimate of drug-likeness (QED) is 0.224. The fraction of sp³-hybridized carbons (Fsp3) is 0.323. The molecule has 1 saturated heterocycles. The van der Waals surface area contributed by atoms with Crippen LogP contribution in [0.4, 0.5) is 13.2 Å². The van der Waals surface area contributed by atoms with E-state index in [2.05, 4.69) is 15.0 Å². The molecule has 0 aliphatic carbocycles. The molecule has 1 aromatic heterocycles. The lowest BCUT2D eigenvalue weighted by atomic mass is 10.1. The summed E-state index contributed by atoms with van der Waals surface area (Å²) in [5.41, 5.74) is 2.95. The van der Waals surface area contributed by atoms with E-state index in [4.69, 9.17) is 18.7 Å². The van der Waals surface area contributed by atoms with Gasteiger partial charge in [0.1, 0.15) is 23.9 Å². The van der Waals surface area contributed by atoms with Gasteiger partial charge in [0.15, 0.2) is 5.76 Å². The molecule has 4 aromatic rings. The normalized spacial score (nSPS) is 14.7. The number of rotatable bonds is 10. The van der Waals surface area contributed by atoms with Crippen LogP contribution in [0.15, 0.2) is 77.3 Å². The lowest BCUT2D eigenvalue weighted by Gasteiger charge is -2.34. The lowest BCUT2D eigenvalue weighted by Crippen LogP contribution is -2.45. The third-order valence-electron chi connectivity index (χ3n) is 7.05. The summed E-state index contributed by atoms with van der Waals surface area (Å²) in [5, 5.41) is 4.26. The van der Waals surface area contributed by atoms with E-state index in [-0.39, 0.29) is 0 Å². The smallest absolute Gasteiger partial charge is 0.416 e. The van der Waals surface area contributed by atoms with E-state index in [0.29, 0.717) is 37.0 Å². The van der Waals surface area contributed by atoms with Gasteiger partial charge in [-0.1, -0.05) is 17.3 Å². The first-order chi connectivity index (χ1) is 19.8. The highest BCUT2D eigenvalue weighted by Crippen LogP contribution is 2.30. The Balaban J connectivity index is 1.09. The third kappa shape index (κ3) is 7.59. The van der Waals surface area contributed by atoms with Gasteiger partial charge in [0.05, 0.1) is 25.5 Å². The van der Waals surface area contributed by atoms with Gasteiger partial charge in [-0.2, -0.15) is 13.2 Å². The van der Waals surface area contributed by atoms with E-state index in [1.807, 2.05) is 48.5 Å². The van der Waals surface area contributed by atoms with Crippen LogP contribution in [0.2, 0.25) is 0 Å². The minimum absolute atomic E-state index is 0.372. The number of hydrogen-bond donors (Lipinski definition) is 0. The first kappa shape index (κ1) is 28.5. The van der Waals surface area contributed by atoms with Gasteiger partial charge in [-0.15, -0.1) is 0 Å². The second-order valence-electron chi connectivity index (χ2n) is 9.96. The van der Waals surface area contributed by atoms with Gasteiger partial charge in [-0.05, 0) is 59.7 Å². The maximum Gasteiger partial charge on any atom is 0.416 e. The van der Waals surface area contributed by atoms with Crippen molar-refractivity contribution in [2.75, 3.05) is 40.4 Å². The Morgan fingerprint density at radius 1 is 0.732 bits per heavy atom. The minimum Gasteiger partial charge on any atom is -0.497 e. The molecule has 0 atom stereocenters. The Kier molecular flexibility index (Phi) is 8.80. The summed E-state index contributed by atoms with van der Waals surface area (Å²) in [4.78, 5) is 4.55. The minimum atomic E-state index is -4.31. The maximum absolute atomic E-state index is 12.8. The molecule has 10 heteroatoms. The van der Waals surface area contributed by atoms with Crippen LogP contribution >= 0.6 is 0 Å². The topological polar surface area (TPSA) is 60.2 Å². The van der Waals surface area contributed by atoms with E-state index in [0.717, 1.165) is 66.4 Å². The van der Waals surface area contributed by atoms with Gasteiger partial charge in [-0.3, -0.25) is 9.80 Å². The van der Waals surface area contributed by atoms with Crippen molar-refractivity contribution in [1.82, 2.24) is 15.0 Å². The number of alkyl halides is 3. The van der Waals surface area contributed by atoms with Crippen molar-refractivity contribution in [3.05, 3.63) is 95.2 Å². The zero-order chi connectivity index (χ0) is 28.8. The predicted octanol–water partition coefficient (Wildman–Crippen LogP) is 6.27. The molecule has 2 heterocycles. The van der Waals surface area contributed by atoms with E-state index in [1.165, 1.54) is 0 Å². The number of methoxy groups -OCH3 is 2. The molecule has 0 N–H and O–H groups in total.